The molecule has 0 aliphatic rings. The smallest absolute Gasteiger partial charge is 0.254 e. The second kappa shape index (κ2) is 8.46. The summed E-state index contributed by atoms with van der Waals surface area (Å²) in [6.45, 7) is 1.85. The molecule has 0 saturated carbocycles. The van der Waals surface area contributed by atoms with Crippen LogP contribution in [0, 0.1) is 6.92 Å². The second-order valence-corrected chi connectivity index (χ2v) is 7.08. The first-order chi connectivity index (χ1) is 13.3. The molecule has 0 atom stereocenters. The third-order valence-corrected chi connectivity index (χ3v) is 4.86. The third kappa shape index (κ3) is 4.52. The molecule has 2 aromatic carbocycles. The normalized spacial score (nSPS) is 10.6. The molecule has 0 fully saturated rings. The summed E-state index contributed by atoms with van der Waals surface area (Å²) >= 11 is 11.8. The summed E-state index contributed by atoms with van der Waals surface area (Å²) in [5.41, 5.74) is 2.85. The molecular formula is C20H18Cl2N4O2. The molecular weight excluding hydrogens is 399 g/mol. The number of amides is 2. The Morgan fingerprint density at radius 1 is 1.07 bits per heavy atom. The molecule has 0 bridgehead atoms. The van der Waals surface area contributed by atoms with E-state index in [2.05, 4.69) is 10.4 Å². The zero-order valence-corrected chi connectivity index (χ0v) is 16.8. The van der Waals surface area contributed by atoms with Gasteiger partial charge < -0.3 is 10.2 Å². The Balaban J connectivity index is 1.62. The van der Waals surface area contributed by atoms with Gasteiger partial charge >= 0.3 is 0 Å². The van der Waals surface area contributed by atoms with Crippen molar-refractivity contribution in [2.75, 3.05) is 18.9 Å². The predicted molar refractivity (Wildman–Crippen MR) is 110 cm³/mol. The van der Waals surface area contributed by atoms with E-state index in [4.69, 9.17) is 23.2 Å². The van der Waals surface area contributed by atoms with Crippen LogP contribution in [0.1, 0.15) is 16.1 Å². The van der Waals surface area contributed by atoms with E-state index in [0.29, 0.717) is 21.3 Å². The van der Waals surface area contributed by atoms with E-state index in [-0.39, 0.29) is 18.4 Å². The quantitative estimate of drug-likeness (QED) is 0.677. The van der Waals surface area contributed by atoms with Crippen molar-refractivity contribution in [1.29, 1.82) is 0 Å². The summed E-state index contributed by atoms with van der Waals surface area (Å²) in [6, 6.07) is 13.8. The number of rotatable bonds is 5. The summed E-state index contributed by atoms with van der Waals surface area (Å²) in [5.74, 6) is -0.592. The number of aryl methyl sites for hydroxylation is 1. The van der Waals surface area contributed by atoms with Gasteiger partial charge in [-0.15, -0.1) is 0 Å². The number of halogens is 2. The summed E-state index contributed by atoms with van der Waals surface area (Å²) in [5, 5.41) is 7.68. The van der Waals surface area contributed by atoms with Crippen LogP contribution in [0.15, 0.2) is 54.7 Å². The van der Waals surface area contributed by atoms with E-state index in [1.807, 2.05) is 25.1 Å². The van der Waals surface area contributed by atoms with Gasteiger partial charge in [0.1, 0.15) is 0 Å². The number of anilines is 1. The molecule has 144 valence electrons. The van der Waals surface area contributed by atoms with Crippen molar-refractivity contribution in [3.63, 3.8) is 0 Å². The van der Waals surface area contributed by atoms with Gasteiger partial charge in [-0.2, -0.15) is 5.10 Å². The molecule has 0 spiro atoms. The van der Waals surface area contributed by atoms with Gasteiger partial charge in [-0.05, 0) is 55.5 Å². The molecule has 1 aromatic heterocycles. The molecule has 0 unspecified atom stereocenters. The van der Waals surface area contributed by atoms with Crippen LogP contribution in [0.4, 0.5) is 5.69 Å². The zero-order chi connectivity index (χ0) is 20.3. The van der Waals surface area contributed by atoms with Gasteiger partial charge in [-0.25, -0.2) is 4.68 Å². The largest absolute Gasteiger partial charge is 0.332 e. The fourth-order valence-corrected chi connectivity index (χ4v) is 2.97. The number of likely N-dealkylation sites (N-methyl/N-ethyl adjacent to an activating group) is 1. The molecule has 3 aromatic rings. The minimum absolute atomic E-state index is 0.0981. The Kier molecular flexibility index (Phi) is 6.02. The van der Waals surface area contributed by atoms with Gasteiger partial charge in [0.2, 0.25) is 5.91 Å². The van der Waals surface area contributed by atoms with Gasteiger partial charge in [-0.1, -0.05) is 23.2 Å². The second-order valence-electron chi connectivity index (χ2n) is 6.27. The highest BCUT2D eigenvalue weighted by atomic mass is 35.5. The SMILES string of the molecule is Cc1ccnn1-c1ccc(C(=O)N(C)CC(=O)Nc2ccc(Cl)c(Cl)c2)cc1. The van der Waals surface area contributed by atoms with E-state index < -0.39 is 0 Å². The molecule has 8 heteroatoms. The summed E-state index contributed by atoms with van der Waals surface area (Å²) < 4.78 is 1.78. The lowest BCUT2D eigenvalue weighted by Gasteiger charge is -2.17. The van der Waals surface area contributed by atoms with E-state index >= 15 is 0 Å². The maximum Gasteiger partial charge on any atom is 0.254 e. The average molecular weight is 417 g/mol. The Labute approximate surface area is 172 Å². The van der Waals surface area contributed by atoms with Gasteiger partial charge in [0.15, 0.2) is 0 Å². The fourth-order valence-electron chi connectivity index (χ4n) is 2.67. The monoisotopic (exact) mass is 416 g/mol. The number of carbonyl (C=O) groups is 2. The molecule has 1 heterocycles. The van der Waals surface area contributed by atoms with E-state index in [9.17, 15) is 9.59 Å². The Morgan fingerprint density at radius 2 is 1.79 bits per heavy atom. The molecule has 0 aliphatic carbocycles. The van der Waals surface area contributed by atoms with Crippen LogP contribution in [0.5, 0.6) is 0 Å². The molecule has 28 heavy (non-hydrogen) atoms. The van der Waals surface area contributed by atoms with E-state index in [1.165, 1.54) is 4.90 Å². The molecule has 0 aliphatic heterocycles. The van der Waals surface area contributed by atoms with E-state index in [0.717, 1.165) is 11.4 Å². The molecule has 0 radical (unpaired) electrons. The minimum atomic E-state index is -0.335. The number of hydrogen-bond donors (Lipinski definition) is 1. The van der Waals surface area contributed by atoms with E-state index in [1.54, 1.807) is 48.3 Å². The highest BCUT2D eigenvalue weighted by molar-refractivity contribution is 6.42. The van der Waals surface area contributed by atoms with Crippen LogP contribution in [-0.4, -0.2) is 40.1 Å². The Morgan fingerprint density at radius 3 is 2.39 bits per heavy atom. The fraction of sp³-hybridized carbons (Fsp3) is 0.150. The van der Waals surface area contributed by atoms with Crippen LogP contribution in [0.3, 0.4) is 0 Å². The van der Waals surface area contributed by atoms with Crippen molar-refractivity contribution in [3.8, 4) is 5.69 Å². The lowest BCUT2D eigenvalue weighted by atomic mass is 10.2. The number of hydrogen-bond acceptors (Lipinski definition) is 3. The summed E-state index contributed by atoms with van der Waals surface area (Å²) in [7, 11) is 1.57. The van der Waals surface area contributed by atoms with Gasteiger partial charge in [0, 0.05) is 30.2 Å². The highest BCUT2D eigenvalue weighted by Crippen LogP contribution is 2.25. The van der Waals surface area contributed by atoms with Gasteiger partial charge in [-0.3, -0.25) is 9.59 Å². The van der Waals surface area contributed by atoms with Crippen molar-refractivity contribution in [3.05, 3.63) is 76.0 Å². The predicted octanol–water partition coefficient (Wildman–Crippen LogP) is 4.20. The first-order valence-electron chi connectivity index (χ1n) is 8.46. The lowest BCUT2D eigenvalue weighted by molar-refractivity contribution is -0.116. The van der Waals surface area contributed by atoms with Crippen LogP contribution in [0.2, 0.25) is 10.0 Å². The lowest BCUT2D eigenvalue weighted by Crippen LogP contribution is -2.34. The van der Waals surface area contributed by atoms with Crippen molar-refractivity contribution >= 4 is 40.7 Å². The first kappa shape index (κ1) is 19.9. The van der Waals surface area contributed by atoms with Crippen LogP contribution in [0.25, 0.3) is 5.69 Å². The molecule has 6 nitrogen and oxygen atoms in total. The Bertz CT molecular complexity index is 1020. The minimum Gasteiger partial charge on any atom is -0.332 e. The summed E-state index contributed by atoms with van der Waals surface area (Å²) in [4.78, 5) is 26.1. The molecule has 1 N–H and O–H groups in total. The molecule has 0 saturated heterocycles. The van der Waals surface area contributed by atoms with Crippen LogP contribution >= 0.6 is 23.2 Å². The maximum atomic E-state index is 12.6. The van der Waals surface area contributed by atoms with Gasteiger partial charge in [0.25, 0.3) is 5.91 Å². The highest BCUT2D eigenvalue weighted by Gasteiger charge is 2.16. The molecule has 3 rings (SSSR count). The standard InChI is InChI=1S/C20H18Cl2N4O2/c1-13-9-10-23-26(13)16-6-3-14(4-7-16)20(28)25(2)12-19(27)24-15-5-8-17(21)18(22)11-15/h3-11H,12H2,1-2H3,(H,24,27). The van der Waals surface area contributed by atoms with Crippen LogP contribution in [-0.2, 0) is 4.79 Å². The van der Waals surface area contributed by atoms with Crippen LogP contribution < -0.4 is 5.32 Å². The Hall–Kier alpha value is -2.83. The number of carbonyl (C=O) groups excluding carboxylic acids is 2. The third-order valence-electron chi connectivity index (χ3n) is 4.12. The number of aromatic nitrogens is 2. The number of nitrogens with one attached hydrogen (secondary N) is 1. The van der Waals surface area contributed by atoms with Gasteiger partial charge in [0.05, 0.1) is 22.3 Å². The topological polar surface area (TPSA) is 67.2 Å². The zero-order valence-electron chi connectivity index (χ0n) is 15.3. The molecule has 2 amide bonds. The number of nitrogens with zero attached hydrogens (tertiary/aromatic N) is 3. The van der Waals surface area contributed by atoms with Crippen molar-refractivity contribution in [2.24, 2.45) is 0 Å². The summed E-state index contributed by atoms with van der Waals surface area (Å²) in [6.07, 6.45) is 1.72. The van der Waals surface area contributed by atoms with Crippen molar-refractivity contribution < 1.29 is 9.59 Å². The van der Waals surface area contributed by atoms with Crippen molar-refractivity contribution in [2.45, 2.75) is 6.92 Å². The average Bonchev–Trinajstić information content (AvgIpc) is 3.10. The van der Waals surface area contributed by atoms with Crippen molar-refractivity contribution in [1.82, 2.24) is 14.7 Å². The first-order valence-corrected chi connectivity index (χ1v) is 9.22. The maximum absolute atomic E-state index is 12.6. The number of benzene rings is 2.